The van der Waals surface area contributed by atoms with Gasteiger partial charge < -0.3 is 0 Å². The summed E-state index contributed by atoms with van der Waals surface area (Å²) in [5.74, 6) is -0.320. The Morgan fingerprint density at radius 3 is 2.40 bits per heavy atom. The normalized spacial score (nSPS) is 10.9. The second-order valence-electron chi connectivity index (χ2n) is 4.03. The minimum atomic E-state index is -0.320. The predicted octanol–water partition coefficient (Wildman–Crippen LogP) is 4.89. The number of halogens is 2. The van der Waals surface area contributed by atoms with E-state index in [4.69, 9.17) is 11.6 Å². The molecule has 0 aliphatic rings. The Kier molecular flexibility index (Phi) is 4.73. The Balaban J connectivity index is 2.38. The zero-order chi connectivity index (χ0) is 14.5. The van der Waals surface area contributed by atoms with Gasteiger partial charge >= 0.3 is 0 Å². The van der Waals surface area contributed by atoms with E-state index in [1.165, 1.54) is 0 Å². The van der Waals surface area contributed by atoms with Gasteiger partial charge in [-0.3, -0.25) is 4.79 Å². The molecule has 0 aliphatic carbocycles. The molecule has 2 nitrogen and oxygen atoms in total. The average molecular weight is 347 g/mol. The molecule has 0 aromatic heterocycles. The third-order valence-electron chi connectivity index (χ3n) is 2.68. The van der Waals surface area contributed by atoms with Crippen molar-refractivity contribution in [2.75, 3.05) is 0 Å². The third kappa shape index (κ3) is 3.36. The van der Waals surface area contributed by atoms with Crippen molar-refractivity contribution in [2.24, 2.45) is 0 Å². The van der Waals surface area contributed by atoms with E-state index < -0.39 is 0 Å². The second kappa shape index (κ2) is 6.51. The van der Waals surface area contributed by atoms with Crippen molar-refractivity contribution in [1.82, 2.24) is 0 Å². The van der Waals surface area contributed by atoms with E-state index in [1.54, 1.807) is 30.3 Å². The number of carbonyl (C=O) groups excluding carboxylic acids is 1. The molecule has 0 spiro atoms. The molecular formula is C16H9BrClNO. The van der Waals surface area contributed by atoms with Crippen molar-refractivity contribution in [2.45, 2.75) is 0 Å². The molecule has 20 heavy (non-hydrogen) atoms. The maximum absolute atomic E-state index is 12.3. The molecule has 0 saturated carbocycles. The van der Waals surface area contributed by atoms with Crippen LogP contribution in [0.15, 0.2) is 58.6 Å². The highest BCUT2D eigenvalue weighted by Crippen LogP contribution is 2.20. The van der Waals surface area contributed by atoms with Crippen LogP contribution < -0.4 is 0 Å². The molecule has 0 N–H and O–H groups in total. The van der Waals surface area contributed by atoms with Gasteiger partial charge in [-0.25, -0.2) is 0 Å². The Bertz CT molecular complexity index is 714. The number of hydrogen-bond donors (Lipinski definition) is 0. The number of allylic oxidation sites excluding steroid dienone is 1. The summed E-state index contributed by atoms with van der Waals surface area (Å²) < 4.78 is 0.830. The van der Waals surface area contributed by atoms with Gasteiger partial charge in [0, 0.05) is 15.1 Å². The summed E-state index contributed by atoms with van der Waals surface area (Å²) in [6, 6.07) is 15.8. The number of ketones is 1. The smallest absolute Gasteiger partial charge is 0.203 e. The SMILES string of the molecule is N#C/C(=C\c1ccccc1Br)C(=O)c1ccc(Cl)cc1. The quantitative estimate of drug-likeness (QED) is 0.451. The van der Waals surface area contributed by atoms with Crippen molar-refractivity contribution in [1.29, 1.82) is 5.26 Å². The van der Waals surface area contributed by atoms with Crippen LogP contribution in [-0.2, 0) is 0 Å². The Morgan fingerprint density at radius 2 is 1.80 bits per heavy atom. The fourth-order valence-electron chi connectivity index (χ4n) is 1.65. The van der Waals surface area contributed by atoms with Crippen molar-refractivity contribution in [3.8, 4) is 6.07 Å². The fourth-order valence-corrected chi connectivity index (χ4v) is 2.18. The van der Waals surface area contributed by atoms with Crippen LogP contribution in [0.4, 0.5) is 0 Å². The lowest BCUT2D eigenvalue weighted by atomic mass is 10.0. The molecule has 0 heterocycles. The van der Waals surface area contributed by atoms with E-state index in [0.29, 0.717) is 10.6 Å². The maximum Gasteiger partial charge on any atom is 0.203 e. The van der Waals surface area contributed by atoms with Crippen molar-refractivity contribution >= 4 is 39.4 Å². The molecular weight excluding hydrogens is 338 g/mol. The summed E-state index contributed by atoms with van der Waals surface area (Å²) in [5.41, 5.74) is 1.31. The highest BCUT2D eigenvalue weighted by Gasteiger charge is 2.12. The van der Waals surface area contributed by atoms with Gasteiger partial charge in [0.25, 0.3) is 0 Å². The van der Waals surface area contributed by atoms with Gasteiger partial charge in [0.05, 0.1) is 0 Å². The third-order valence-corrected chi connectivity index (χ3v) is 3.65. The fraction of sp³-hybridized carbons (Fsp3) is 0. The van der Waals surface area contributed by atoms with E-state index >= 15 is 0 Å². The molecule has 0 unspecified atom stereocenters. The van der Waals surface area contributed by atoms with Crippen LogP contribution in [0.5, 0.6) is 0 Å². The van der Waals surface area contributed by atoms with Crippen LogP contribution in [0, 0.1) is 11.3 Å². The lowest BCUT2D eigenvalue weighted by Gasteiger charge is -2.01. The molecule has 2 aromatic rings. The first-order valence-electron chi connectivity index (χ1n) is 5.78. The number of Topliss-reactive ketones (excluding diaryl/α,β-unsaturated/α-hetero) is 1. The van der Waals surface area contributed by atoms with Crippen molar-refractivity contribution < 1.29 is 4.79 Å². The average Bonchev–Trinajstić information content (AvgIpc) is 2.46. The molecule has 0 saturated heterocycles. The molecule has 0 aliphatic heterocycles. The number of rotatable bonds is 3. The first-order chi connectivity index (χ1) is 9.61. The zero-order valence-corrected chi connectivity index (χ0v) is 12.6. The molecule has 0 atom stereocenters. The number of nitriles is 1. The summed E-state index contributed by atoms with van der Waals surface area (Å²) >= 11 is 9.17. The van der Waals surface area contributed by atoms with Gasteiger partial charge in [0.1, 0.15) is 11.6 Å². The van der Waals surface area contributed by atoms with Crippen LogP contribution in [0.1, 0.15) is 15.9 Å². The van der Waals surface area contributed by atoms with Crippen molar-refractivity contribution in [3.05, 3.63) is 74.7 Å². The molecule has 2 rings (SSSR count). The molecule has 4 heteroatoms. The highest BCUT2D eigenvalue weighted by atomic mass is 79.9. The number of benzene rings is 2. The van der Waals surface area contributed by atoms with E-state index in [2.05, 4.69) is 15.9 Å². The van der Waals surface area contributed by atoms with Gasteiger partial charge in [-0.1, -0.05) is 45.7 Å². The molecule has 0 bridgehead atoms. The van der Waals surface area contributed by atoms with Crippen LogP contribution in [0.25, 0.3) is 6.08 Å². The van der Waals surface area contributed by atoms with E-state index in [9.17, 15) is 10.1 Å². The summed E-state index contributed by atoms with van der Waals surface area (Å²) in [5, 5.41) is 9.73. The first kappa shape index (κ1) is 14.5. The van der Waals surface area contributed by atoms with Crippen LogP contribution in [0.3, 0.4) is 0 Å². The summed E-state index contributed by atoms with van der Waals surface area (Å²) in [6.45, 7) is 0. The van der Waals surface area contributed by atoms with E-state index in [-0.39, 0.29) is 11.4 Å². The lowest BCUT2D eigenvalue weighted by molar-refractivity contribution is 0.104. The van der Waals surface area contributed by atoms with Crippen LogP contribution >= 0.6 is 27.5 Å². The highest BCUT2D eigenvalue weighted by molar-refractivity contribution is 9.10. The Morgan fingerprint density at radius 1 is 1.15 bits per heavy atom. The predicted molar refractivity (Wildman–Crippen MR) is 83.5 cm³/mol. The second-order valence-corrected chi connectivity index (χ2v) is 5.32. The minimum absolute atomic E-state index is 0.0826. The van der Waals surface area contributed by atoms with Gasteiger partial charge in [-0.15, -0.1) is 0 Å². The van der Waals surface area contributed by atoms with Gasteiger partial charge in [-0.2, -0.15) is 5.26 Å². The monoisotopic (exact) mass is 345 g/mol. The summed E-state index contributed by atoms with van der Waals surface area (Å²) in [4.78, 5) is 12.3. The maximum atomic E-state index is 12.3. The minimum Gasteiger partial charge on any atom is -0.288 e. The van der Waals surface area contributed by atoms with Gasteiger partial charge in [-0.05, 0) is 42.0 Å². The standard InChI is InChI=1S/C16H9BrClNO/c17-15-4-2-1-3-12(15)9-13(10-19)16(20)11-5-7-14(18)8-6-11/h1-9H/b13-9+. The zero-order valence-electron chi connectivity index (χ0n) is 10.3. The van der Waals surface area contributed by atoms with E-state index in [1.807, 2.05) is 30.3 Å². The molecule has 2 aromatic carbocycles. The number of carbonyl (C=O) groups is 1. The number of hydrogen-bond acceptors (Lipinski definition) is 2. The Labute approximate surface area is 130 Å². The largest absolute Gasteiger partial charge is 0.288 e. The van der Waals surface area contributed by atoms with Crippen LogP contribution in [0.2, 0.25) is 5.02 Å². The van der Waals surface area contributed by atoms with Crippen LogP contribution in [-0.4, -0.2) is 5.78 Å². The molecule has 0 amide bonds. The van der Waals surface area contributed by atoms with Gasteiger partial charge in [0.15, 0.2) is 0 Å². The molecule has 0 radical (unpaired) electrons. The number of nitrogens with zero attached hydrogens (tertiary/aromatic N) is 1. The topological polar surface area (TPSA) is 40.9 Å². The van der Waals surface area contributed by atoms with Crippen molar-refractivity contribution in [3.63, 3.8) is 0 Å². The first-order valence-corrected chi connectivity index (χ1v) is 6.95. The Hall–Kier alpha value is -1.89. The lowest BCUT2D eigenvalue weighted by Crippen LogP contribution is -2.01. The molecule has 98 valence electrons. The van der Waals surface area contributed by atoms with Gasteiger partial charge in [0.2, 0.25) is 5.78 Å². The molecule has 0 fully saturated rings. The summed E-state index contributed by atoms with van der Waals surface area (Å²) in [7, 11) is 0. The summed E-state index contributed by atoms with van der Waals surface area (Å²) in [6.07, 6.45) is 1.57. The van der Waals surface area contributed by atoms with E-state index in [0.717, 1.165) is 10.0 Å².